The van der Waals surface area contributed by atoms with Gasteiger partial charge in [0.2, 0.25) is 0 Å². The van der Waals surface area contributed by atoms with E-state index in [0.29, 0.717) is 0 Å². The minimum absolute atomic E-state index is 0.0394. The molecule has 0 rings (SSSR count). The maximum absolute atomic E-state index is 10.4. The van der Waals surface area contributed by atoms with Crippen molar-refractivity contribution in [2.75, 3.05) is 0 Å². The number of aliphatic hydroxyl groups is 2. The van der Waals surface area contributed by atoms with E-state index in [4.69, 9.17) is 10.2 Å². The van der Waals surface area contributed by atoms with Gasteiger partial charge < -0.3 is 20.4 Å². The largest absolute Gasteiger partial charge is 0.884 e. The van der Waals surface area contributed by atoms with Gasteiger partial charge in [-0.2, -0.15) is 0 Å². The number of hydrogen-bond acceptors (Lipinski definition) is 4. The quantitative estimate of drug-likeness (QED) is 0.465. The smallest absolute Gasteiger partial charge is 0.277 e. The molecule has 0 aliphatic carbocycles. The van der Waals surface area contributed by atoms with Gasteiger partial charge in [-0.1, -0.05) is 19.4 Å². The van der Waals surface area contributed by atoms with Gasteiger partial charge in [-0.3, -0.25) is 0 Å². The van der Waals surface area contributed by atoms with Crippen LogP contribution in [0.25, 0.3) is 0 Å². The first-order valence-electron chi connectivity index (χ1n) is 3.73. The molecule has 70 valence electrons. The van der Waals surface area contributed by atoms with Gasteiger partial charge in [0.15, 0.2) is 0 Å². The van der Waals surface area contributed by atoms with Crippen LogP contribution in [-0.2, 0) is 0 Å². The molecule has 0 aliphatic rings. The predicted molar refractivity (Wildman–Crippen MR) is 39.9 cm³/mol. The van der Waals surface area contributed by atoms with Crippen molar-refractivity contribution in [1.29, 1.82) is 0 Å². The highest BCUT2D eigenvalue weighted by Crippen LogP contribution is 2.19. The Morgan fingerprint density at radius 2 is 1.42 bits per heavy atom. The Labute approximate surface area is 71.1 Å². The van der Waals surface area contributed by atoms with E-state index in [-0.39, 0.29) is 24.0 Å². The van der Waals surface area contributed by atoms with Crippen LogP contribution in [-0.4, -0.2) is 10.2 Å². The van der Waals surface area contributed by atoms with Crippen molar-refractivity contribution in [1.82, 2.24) is 0 Å². The highest BCUT2D eigenvalue weighted by atomic mass is 16.5. The minimum atomic E-state index is -1.35. The molecule has 4 heteroatoms. The monoisotopic (exact) mass is 172 g/mol. The van der Waals surface area contributed by atoms with Crippen LogP contribution in [0.2, 0.25) is 0 Å². The summed E-state index contributed by atoms with van der Waals surface area (Å²) in [6.45, 7) is 3.25. The molecule has 0 aromatic heterocycles. The molecular weight excluding hydrogens is 160 g/mol. The molecule has 0 radical (unpaired) electrons. The summed E-state index contributed by atoms with van der Waals surface area (Å²) in [6, 6.07) is 0. The van der Waals surface area contributed by atoms with Crippen LogP contribution in [0.15, 0.2) is 23.0 Å². The highest BCUT2D eigenvalue weighted by molar-refractivity contribution is 5.30. The topological polar surface area (TPSA) is 86.6 Å². The normalized spacial score (nSPS) is 9.17. The molecule has 2 N–H and O–H groups in total. The van der Waals surface area contributed by atoms with Gasteiger partial charge in [-0.15, -0.1) is 0 Å². The van der Waals surface area contributed by atoms with Gasteiger partial charge >= 0.3 is 0 Å². The maximum Gasteiger partial charge on any atom is 0.277 e. The molecule has 0 heterocycles. The summed E-state index contributed by atoms with van der Waals surface area (Å²) in [5, 5.41) is 38.2. The van der Waals surface area contributed by atoms with Gasteiger partial charge in [-0.25, -0.2) is 5.95 Å². The van der Waals surface area contributed by atoms with Crippen molar-refractivity contribution < 1.29 is 20.4 Å². The predicted octanol–water partition coefficient (Wildman–Crippen LogP) is 0.0662. The van der Waals surface area contributed by atoms with Crippen molar-refractivity contribution in [3.63, 3.8) is 0 Å². The molecule has 0 fully saturated rings. The van der Waals surface area contributed by atoms with Crippen LogP contribution in [0.5, 0.6) is 0 Å². The zero-order valence-corrected chi connectivity index (χ0v) is 7.13. The van der Waals surface area contributed by atoms with E-state index in [1.165, 1.54) is 0 Å². The Morgan fingerprint density at radius 3 is 1.50 bits per heavy atom. The lowest BCUT2D eigenvalue weighted by Gasteiger charge is -2.24. The molecule has 0 saturated heterocycles. The SMILES string of the molecule is CCC(=C([O-])[O-])C(CC)=C(O)O. The Hall–Kier alpha value is -1.32. The van der Waals surface area contributed by atoms with E-state index in [0.717, 1.165) is 0 Å². The molecule has 0 unspecified atom stereocenters. The molecule has 0 aromatic carbocycles. The van der Waals surface area contributed by atoms with Gasteiger partial charge in [0, 0.05) is 5.57 Å². The van der Waals surface area contributed by atoms with Crippen molar-refractivity contribution in [2.45, 2.75) is 26.7 Å². The van der Waals surface area contributed by atoms with E-state index in [2.05, 4.69) is 0 Å². The van der Waals surface area contributed by atoms with E-state index in [1.54, 1.807) is 13.8 Å². The second-order valence-corrected chi connectivity index (χ2v) is 2.28. The Balaban J connectivity index is 4.98. The molecule has 0 amide bonds. The molecule has 0 aromatic rings. The summed E-state index contributed by atoms with van der Waals surface area (Å²) in [5.74, 6) is -2.28. The molecule has 4 nitrogen and oxygen atoms in total. The molecular formula is C8H12O4-2. The Morgan fingerprint density at radius 1 is 1.00 bits per heavy atom. The summed E-state index contributed by atoms with van der Waals surface area (Å²) in [4.78, 5) is 0. The molecule has 0 bridgehead atoms. The summed E-state index contributed by atoms with van der Waals surface area (Å²) in [5.41, 5.74) is -0.0185. The van der Waals surface area contributed by atoms with Crippen LogP contribution in [0.4, 0.5) is 0 Å². The van der Waals surface area contributed by atoms with Crippen molar-refractivity contribution in [3.8, 4) is 0 Å². The first-order chi connectivity index (χ1) is 5.54. The average Bonchev–Trinajstić information content (AvgIpc) is 1.98. The van der Waals surface area contributed by atoms with Crippen molar-refractivity contribution in [2.24, 2.45) is 0 Å². The number of hydrogen-bond donors (Lipinski definition) is 2. The number of rotatable bonds is 3. The van der Waals surface area contributed by atoms with Crippen LogP contribution in [0, 0.1) is 0 Å². The fourth-order valence-corrected chi connectivity index (χ4v) is 0.987. The van der Waals surface area contributed by atoms with Crippen LogP contribution >= 0.6 is 0 Å². The average molecular weight is 172 g/mol. The van der Waals surface area contributed by atoms with Crippen LogP contribution in [0.1, 0.15) is 26.7 Å². The molecule has 0 spiro atoms. The van der Waals surface area contributed by atoms with E-state index in [1.807, 2.05) is 0 Å². The molecule has 0 saturated carbocycles. The third-order valence-electron chi connectivity index (χ3n) is 1.59. The fraction of sp³-hybridized carbons (Fsp3) is 0.500. The third-order valence-corrected chi connectivity index (χ3v) is 1.59. The first kappa shape index (κ1) is 10.7. The first-order valence-corrected chi connectivity index (χ1v) is 3.73. The van der Waals surface area contributed by atoms with E-state index in [9.17, 15) is 10.2 Å². The summed E-state index contributed by atoms with van der Waals surface area (Å²) in [7, 11) is 0. The van der Waals surface area contributed by atoms with Crippen molar-refractivity contribution in [3.05, 3.63) is 23.0 Å². The molecule has 12 heavy (non-hydrogen) atoms. The number of aliphatic hydroxyl groups excluding tert-OH is 1. The number of allylic oxidation sites excluding steroid dienone is 2. The molecule has 0 aliphatic heterocycles. The standard InChI is InChI=1S/C8H14O4/c1-3-5(7(9)10)6(4-2)8(11)12/h9-12H,3-4H2,1-2H3/p-2. The highest BCUT2D eigenvalue weighted by Gasteiger charge is 2.05. The maximum atomic E-state index is 10.4. The van der Waals surface area contributed by atoms with E-state index >= 15 is 0 Å². The van der Waals surface area contributed by atoms with E-state index < -0.39 is 11.9 Å². The second kappa shape index (κ2) is 4.54. The second-order valence-electron chi connectivity index (χ2n) is 2.28. The Bertz CT molecular complexity index is 183. The summed E-state index contributed by atoms with van der Waals surface area (Å²) >= 11 is 0. The van der Waals surface area contributed by atoms with Gasteiger partial charge in [-0.05, 0) is 12.8 Å². The van der Waals surface area contributed by atoms with Crippen LogP contribution < -0.4 is 10.2 Å². The minimum Gasteiger partial charge on any atom is -0.884 e. The third kappa shape index (κ3) is 2.38. The van der Waals surface area contributed by atoms with Gasteiger partial charge in [0.25, 0.3) is 5.95 Å². The van der Waals surface area contributed by atoms with Gasteiger partial charge in [0.05, 0.1) is 0 Å². The van der Waals surface area contributed by atoms with Crippen molar-refractivity contribution >= 4 is 0 Å². The Kier molecular flexibility index (Phi) is 4.04. The molecule has 0 atom stereocenters. The summed E-state index contributed by atoms with van der Waals surface area (Å²) < 4.78 is 0. The van der Waals surface area contributed by atoms with Gasteiger partial charge in [0.1, 0.15) is 0 Å². The lowest BCUT2D eigenvalue weighted by molar-refractivity contribution is -0.514. The zero-order valence-electron chi connectivity index (χ0n) is 7.13. The lowest BCUT2D eigenvalue weighted by Crippen LogP contribution is -2.22. The zero-order chi connectivity index (χ0) is 9.72. The fourth-order valence-electron chi connectivity index (χ4n) is 0.987. The van der Waals surface area contributed by atoms with Crippen LogP contribution in [0.3, 0.4) is 0 Å². The summed E-state index contributed by atoms with van der Waals surface area (Å²) in [6.07, 6.45) is 0.482. The lowest BCUT2D eigenvalue weighted by atomic mass is 10.0.